The summed E-state index contributed by atoms with van der Waals surface area (Å²) in [7, 11) is 3.08. The Kier molecular flexibility index (Phi) is 3.51. The van der Waals surface area contributed by atoms with Crippen LogP contribution in [0.15, 0.2) is 24.3 Å². The van der Waals surface area contributed by atoms with Gasteiger partial charge in [0.1, 0.15) is 0 Å². The molecule has 0 fully saturated rings. The average Bonchev–Trinajstić information content (AvgIpc) is 2.01. The molecule has 0 saturated carbocycles. The van der Waals surface area contributed by atoms with Crippen molar-refractivity contribution in [2.45, 2.75) is 26.2 Å². The Morgan fingerprint density at radius 1 is 1.07 bits per heavy atom. The summed E-state index contributed by atoms with van der Waals surface area (Å²) in [5.74, 6) is 0. The number of benzene rings is 1. The minimum atomic E-state index is -1.17. The maximum absolute atomic E-state index is 2.40. The molecule has 14 heavy (non-hydrogen) atoms. The fourth-order valence-corrected chi connectivity index (χ4v) is 3.45. The molecule has 0 unspecified atom stereocenters. The lowest BCUT2D eigenvalue weighted by atomic mass is 10.2. The van der Waals surface area contributed by atoms with Crippen LogP contribution in [0.1, 0.15) is 5.56 Å². The van der Waals surface area contributed by atoms with Crippen molar-refractivity contribution in [3.63, 3.8) is 0 Å². The van der Waals surface area contributed by atoms with Crippen LogP contribution in [0.3, 0.4) is 0 Å². The molecular formula is C12H21NSi. The van der Waals surface area contributed by atoms with Gasteiger partial charge in [-0.15, -0.1) is 0 Å². The van der Waals surface area contributed by atoms with E-state index in [0.29, 0.717) is 0 Å². The lowest BCUT2D eigenvalue weighted by Crippen LogP contribution is -2.40. The molecule has 0 saturated heterocycles. The summed E-state index contributed by atoms with van der Waals surface area (Å²) >= 11 is 0. The highest BCUT2D eigenvalue weighted by molar-refractivity contribution is 6.89. The molecular weight excluding hydrogens is 186 g/mol. The maximum atomic E-state index is 2.40. The molecule has 0 aliphatic heterocycles. The minimum absolute atomic E-state index is 1.06. The smallest absolute Gasteiger partial charge is 0.0780 e. The molecule has 0 aromatic heterocycles. The highest BCUT2D eigenvalue weighted by Gasteiger charge is 2.19. The molecule has 0 amide bonds. The highest BCUT2D eigenvalue weighted by Crippen LogP contribution is 2.08. The van der Waals surface area contributed by atoms with Crippen LogP contribution in [0.4, 0.5) is 0 Å². The first-order chi connectivity index (χ1) is 6.41. The Labute approximate surface area is 88.8 Å². The van der Waals surface area contributed by atoms with Gasteiger partial charge in [-0.2, -0.15) is 0 Å². The van der Waals surface area contributed by atoms with Crippen LogP contribution in [0.2, 0.25) is 19.6 Å². The van der Waals surface area contributed by atoms with E-state index in [9.17, 15) is 0 Å². The molecule has 0 bridgehead atoms. The van der Waals surface area contributed by atoms with Crippen LogP contribution in [-0.2, 0) is 6.54 Å². The van der Waals surface area contributed by atoms with Gasteiger partial charge in [-0.3, -0.25) is 0 Å². The molecule has 0 radical (unpaired) electrons. The van der Waals surface area contributed by atoms with Crippen LogP contribution in [-0.4, -0.2) is 27.1 Å². The van der Waals surface area contributed by atoms with E-state index in [0.717, 1.165) is 6.54 Å². The number of rotatable bonds is 3. The Morgan fingerprint density at radius 2 is 1.64 bits per heavy atom. The van der Waals surface area contributed by atoms with Gasteiger partial charge < -0.3 is 4.90 Å². The zero-order valence-corrected chi connectivity index (χ0v) is 11.0. The van der Waals surface area contributed by atoms with Gasteiger partial charge in [0.15, 0.2) is 0 Å². The Hall–Kier alpha value is -0.603. The van der Waals surface area contributed by atoms with Crippen molar-refractivity contribution < 1.29 is 0 Å². The summed E-state index contributed by atoms with van der Waals surface area (Å²) in [6.07, 6.45) is 0. The first-order valence-electron chi connectivity index (χ1n) is 5.14. The Morgan fingerprint density at radius 3 is 2.14 bits per heavy atom. The molecule has 0 aliphatic rings. The second-order valence-corrected chi connectivity index (χ2v) is 10.2. The van der Waals surface area contributed by atoms with Crippen molar-refractivity contribution in [2.24, 2.45) is 0 Å². The third kappa shape index (κ3) is 2.96. The second kappa shape index (κ2) is 4.28. The molecule has 1 aromatic carbocycles. The SMILES string of the molecule is CN(C)Cc1ccccc1[Si](C)(C)C. The van der Waals surface area contributed by atoms with E-state index in [4.69, 9.17) is 0 Å². The van der Waals surface area contributed by atoms with Gasteiger partial charge in [0.25, 0.3) is 0 Å². The predicted molar refractivity (Wildman–Crippen MR) is 66.8 cm³/mol. The van der Waals surface area contributed by atoms with Crippen molar-refractivity contribution >= 4 is 13.3 Å². The van der Waals surface area contributed by atoms with Crippen molar-refractivity contribution in [2.75, 3.05) is 14.1 Å². The van der Waals surface area contributed by atoms with E-state index in [2.05, 4.69) is 62.9 Å². The van der Waals surface area contributed by atoms with Gasteiger partial charge >= 0.3 is 0 Å². The Balaban J connectivity index is 3.04. The number of hydrogen-bond acceptors (Lipinski definition) is 1. The van der Waals surface area contributed by atoms with Crippen LogP contribution in [0.5, 0.6) is 0 Å². The minimum Gasteiger partial charge on any atom is -0.305 e. The van der Waals surface area contributed by atoms with E-state index in [-0.39, 0.29) is 0 Å². The van der Waals surface area contributed by atoms with Gasteiger partial charge in [-0.25, -0.2) is 0 Å². The van der Waals surface area contributed by atoms with Gasteiger partial charge in [-0.1, -0.05) is 49.1 Å². The van der Waals surface area contributed by atoms with Gasteiger partial charge in [0.05, 0.1) is 8.07 Å². The van der Waals surface area contributed by atoms with E-state index >= 15 is 0 Å². The first kappa shape index (κ1) is 11.5. The third-order valence-electron chi connectivity index (χ3n) is 2.31. The van der Waals surface area contributed by atoms with Gasteiger partial charge in [-0.05, 0) is 19.7 Å². The highest BCUT2D eigenvalue weighted by atomic mass is 28.3. The molecule has 2 heteroatoms. The second-order valence-electron chi connectivity index (χ2n) is 5.14. The maximum Gasteiger partial charge on any atom is 0.0780 e. The van der Waals surface area contributed by atoms with E-state index < -0.39 is 8.07 Å². The molecule has 1 aromatic rings. The molecule has 0 heterocycles. The molecule has 0 N–H and O–H groups in total. The van der Waals surface area contributed by atoms with E-state index in [1.807, 2.05) is 0 Å². The van der Waals surface area contributed by atoms with Crippen molar-refractivity contribution in [1.29, 1.82) is 0 Å². The fraction of sp³-hybridized carbons (Fsp3) is 0.500. The van der Waals surface area contributed by atoms with E-state index in [1.165, 1.54) is 5.56 Å². The van der Waals surface area contributed by atoms with Crippen LogP contribution in [0.25, 0.3) is 0 Å². The first-order valence-corrected chi connectivity index (χ1v) is 8.64. The normalized spacial score (nSPS) is 12.1. The zero-order chi connectivity index (χ0) is 10.8. The topological polar surface area (TPSA) is 3.24 Å². The fourth-order valence-electron chi connectivity index (χ4n) is 1.73. The quantitative estimate of drug-likeness (QED) is 0.688. The molecule has 78 valence electrons. The summed E-state index contributed by atoms with van der Waals surface area (Å²) in [5, 5.41) is 1.59. The molecule has 0 aliphatic carbocycles. The molecule has 1 nitrogen and oxygen atoms in total. The largest absolute Gasteiger partial charge is 0.305 e. The van der Waals surface area contributed by atoms with Gasteiger partial charge in [0, 0.05) is 6.54 Å². The molecule has 0 atom stereocenters. The monoisotopic (exact) mass is 207 g/mol. The summed E-state index contributed by atoms with van der Waals surface area (Å²) < 4.78 is 0. The van der Waals surface area contributed by atoms with Crippen LogP contribution in [0, 0.1) is 0 Å². The summed E-state index contributed by atoms with van der Waals surface area (Å²) in [6.45, 7) is 8.27. The van der Waals surface area contributed by atoms with Crippen LogP contribution >= 0.6 is 0 Å². The summed E-state index contributed by atoms with van der Waals surface area (Å²) in [4.78, 5) is 2.24. The van der Waals surface area contributed by atoms with Crippen LogP contribution < -0.4 is 5.19 Å². The molecule has 1 rings (SSSR count). The Bertz CT molecular complexity index is 299. The zero-order valence-electron chi connectivity index (χ0n) is 9.96. The summed E-state index contributed by atoms with van der Waals surface area (Å²) in [5.41, 5.74) is 1.50. The molecule has 0 spiro atoms. The van der Waals surface area contributed by atoms with Crippen molar-refractivity contribution in [1.82, 2.24) is 4.90 Å². The number of nitrogens with zero attached hydrogens (tertiary/aromatic N) is 1. The lowest BCUT2D eigenvalue weighted by molar-refractivity contribution is 0.403. The third-order valence-corrected chi connectivity index (χ3v) is 4.42. The predicted octanol–water partition coefficient (Wildman–Crippen LogP) is 2.29. The number of hydrogen-bond donors (Lipinski definition) is 0. The van der Waals surface area contributed by atoms with Crippen molar-refractivity contribution in [3.8, 4) is 0 Å². The van der Waals surface area contributed by atoms with Crippen molar-refractivity contribution in [3.05, 3.63) is 29.8 Å². The van der Waals surface area contributed by atoms with Gasteiger partial charge in [0.2, 0.25) is 0 Å². The van der Waals surface area contributed by atoms with E-state index in [1.54, 1.807) is 5.19 Å². The lowest BCUT2D eigenvalue weighted by Gasteiger charge is -2.22. The standard InChI is InChI=1S/C12H21NSi/c1-13(2)10-11-8-6-7-9-12(11)14(3,4)5/h6-9H,10H2,1-5H3. The summed E-state index contributed by atoms with van der Waals surface area (Å²) in [6, 6.07) is 8.86. The average molecular weight is 207 g/mol.